The van der Waals surface area contributed by atoms with Gasteiger partial charge in [0.15, 0.2) is 0 Å². The molecule has 2 atom stereocenters. The quantitative estimate of drug-likeness (QED) is 0.919. The predicted molar refractivity (Wildman–Crippen MR) is 89.6 cm³/mol. The second kappa shape index (κ2) is 8.13. The van der Waals surface area contributed by atoms with Crippen LogP contribution in [0.25, 0.3) is 0 Å². The first-order valence-electron chi connectivity index (χ1n) is 8.42. The van der Waals surface area contributed by atoms with Gasteiger partial charge in [0, 0.05) is 36.8 Å². The Bertz CT molecular complexity index is 531. The third-order valence-electron chi connectivity index (χ3n) is 4.93. The average Bonchev–Trinajstić information content (AvgIpc) is 2.58. The van der Waals surface area contributed by atoms with Crippen molar-refractivity contribution in [3.05, 3.63) is 34.9 Å². The Kier molecular flexibility index (Phi) is 5.92. The third kappa shape index (κ3) is 4.46. The molecule has 2 aliphatic heterocycles. The molecule has 1 aromatic carbocycles. The maximum Gasteiger partial charge on any atom is 0.224 e. The molecule has 0 bridgehead atoms. The number of hydrogen-bond acceptors (Lipinski definition) is 3. The van der Waals surface area contributed by atoms with Crippen molar-refractivity contribution in [1.82, 2.24) is 5.32 Å². The zero-order valence-corrected chi connectivity index (χ0v) is 14.1. The Labute approximate surface area is 142 Å². The van der Waals surface area contributed by atoms with E-state index in [0.717, 1.165) is 51.3 Å². The van der Waals surface area contributed by atoms with Gasteiger partial charge >= 0.3 is 0 Å². The summed E-state index contributed by atoms with van der Waals surface area (Å²) in [7, 11) is 0. The molecule has 23 heavy (non-hydrogen) atoms. The molecule has 0 saturated carbocycles. The van der Waals surface area contributed by atoms with Gasteiger partial charge in [-0.15, -0.1) is 0 Å². The van der Waals surface area contributed by atoms with Gasteiger partial charge in [-0.1, -0.05) is 29.8 Å². The molecule has 2 fully saturated rings. The predicted octanol–water partition coefficient (Wildman–Crippen LogP) is 2.83. The van der Waals surface area contributed by atoms with Crippen LogP contribution in [0.4, 0.5) is 0 Å². The van der Waals surface area contributed by atoms with Crippen LogP contribution in [0.15, 0.2) is 24.3 Å². The van der Waals surface area contributed by atoms with E-state index in [1.807, 2.05) is 24.3 Å². The maximum absolute atomic E-state index is 12.4. The summed E-state index contributed by atoms with van der Waals surface area (Å²) in [6.07, 6.45) is 3.34. The van der Waals surface area contributed by atoms with E-state index < -0.39 is 0 Å². The SMILES string of the molecule is O=C(Cc1ccccc1Cl)N[C@H]1CCOC[C@H]1C1CCOCC1. The van der Waals surface area contributed by atoms with Crippen molar-refractivity contribution in [3.8, 4) is 0 Å². The van der Waals surface area contributed by atoms with Gasteiger partial charge in [-0.05, 0) is 36.8 Å². The summed E-state index contributed by atoms with van der Waals surface area (Å²) >= 11 is 6.15. The molecule has 126 valence electrons. The van der Waals surface area contributed by atoms with Crippen LogP contribution >= 0.6 is 11.6 Å². The summed E-state index contributed by atoms with van der Waals surface area (Å²) in [4.78, 5) is 12.4. The number of rotatable bonds is 4. The van der Waals surface area contributed by atoms with Crippen molar-refractivity contribution < 1.29 is 14.3 Å². The van der Waals surface area contributed by atoms with Crippen LogP contribution in [0.3, 0.4) is 0 Å². The van der Waals surface area contributed by atoms with Crippen LogP contribution in [0.1, 0.15) is 24.8 Å². The molecule has 2 saturated heterocycles. The van der Waals surface area contributed by atoms with Gasteiger partial charge in [0.25, 0.3) is 0 Å². The third-order valence-corrected chi connectivity index (χ3v) is 5.30. The lowest BCUT2D eigenvalue weighted by Crippen LogP contribution is -2.49. The van der Waals surface area contributed by atoms with Gasteiger partial charge in [0.1, 0.15) is 0 Å². The van der Waals surface area contributed by atoms with E-state index in [1.54, 1.807) is 0 Å². The zero-order chi connectivity index (χ0) is 16.1. The number of hydrogen-bond donors (Lipinski definition) is 1. The minimum Gasteiger partial charge on any atom is -0.381 e. The van der Waals surface area contributed by atoms with Gasteiger partial charge in [-0.3, -0.25) is 4.79 Å². The lowest BCUT2D eigenvalue weighted by Gasteiger charge is -2.39. The lowest BCUT2D eigenvalue weighted by molar-refractivity contribution is -0.123. The Hall–Kier alpha value is -1.10. The first kappa shape index (κ1) is 16.7. The fraction of sp³-hybridized carbons (Fsp3) is 0.611. The van der Waals surface area contributed by atoms with Gasteiger partial charge in [0.2, 0.25) is 5.91 Å². The normalized spacial score (nSPS) is 26.0. The molecule has 0 spiro atoms. The van der Waals surface area contributed by atoms with E-state index in [0.29, 0.717) is 23.3 Å². The summed E-state index contributed by atoms with van der Waals surface area (Å²) in [5, 5.41) is 3.87. The van der Waals surface area contributed by atoms with Crippen molar-refractivity contribution in [2.75, 3.05) is 26.4 Å². The van der Waals surface area contributed by atoms with Crippen LogP contribution in [0.2, 0.25) is 5.02 Å². The molecule has 0 radical (unpaired) electrons. The molecule has 4 nitrogen and oxygen atoms in total. The first-order chi connectivity index (χ1) is 11.2. The second-order valence-electron chi connectivity index (χ2n) is 6.42. The summed E-state index contributed by atoms with van der Waals surface area (Å²) in [5.74, 6) is 1.01. The van der Waals surface area contributed by atoms with E-state index in [2.05, 4.69) is 5.32 Å². The summed E-state index contributed by atoms with van der Waals surface area (Å²) in [6, 6.07) is 7.71. The van der Waals surface area contributed by atoms with Crippen molar-refractivity contribution >= 4 is 17.5 Å². The number of ether oxygens (including phenoxy) is 2. The number of halogens is 1. The Morgan fingerprint density at radius 3 is 2.65 bits per heavy atom. The number of nitrogens with one attached hydrogen (secondary N) is 1. The minimum absolute atomic E-state index is 0.0436. The van der Waals surface area contributed by atoms with Gasteiger partial charge in [-0.2, -0.15) is 0 Å². The van der Waals surface area contributed by atoms with Crippen LogP contribution in [-0.4, -0.2) is 38.4 Å². The fourth-order valence-electron chi connectivity index (χ4n) is 3.62. The Morgan fingerprint density at radius 2 is 1.87 bits per heavy atom. The number of amides is 1. The highest BCUT2D eigenvalue weighted by Gasteiger charge is 2.34. The zero-order valence-electron chi connectivity index (χ0n) is 13.3. The molecule has 5 heteroatoms. The first-order valence-corrected chi connectivity index (χ1v) is 8.80. The smallest absolute Gasteiger partial charge is 0.224 e. The van der Waals surface area contributed by atoms with Gasteiger partial charge in [0.05, 0.1) is 13.0 Å². The van der Waals surface area contributed by atoms with Gasteiger partial charge < -0.3 is 14.8 Å². The van der Waals surface area contributed by atoms with Crippen LogP contribution < -0.4 is 5.32 Å². The topological polar surface area (TPSA) is 47.6 Å². The van der Waals surface area contributed by atoms with Gasteiger partial charge in [-0.25, -0.2) is 0 Å². The fourth-order valence-corrected chi connectivity index (χ4v) is 3.82. The van der Waals surface area contributed by atoms with Crippen LogP contribution in [0.5, 0.6) is 0 Å². The highest BCUT2D eigenvalue weighted by molar-refractivity contribution is 6.31. The van der Waals surface area contributed by atoms with Crippen molar-refractivity contribution in [1.29, 1.82) is 0 Å². The van der Waals surface area contributed by atoms with E-state index in [-0.39, 0.29) is 11.9 Å². The molecule has 1 amide bonds. The molecule has 1 N–H and O–H groups in total. The summed E-state index contributed by atoms with van der Waals surface area (Å²) < 4.78 is 11.1. The standard InChI is InChI=1S/C18H24ClNO3/c19-16-4-2-1-3-14(16)11-18(21)20-17-7-10-23-12-15(17)13-5-8-22-9-6-13/h1-4,13,15,17H,5-12H2,(H,20,21)/t15-,17-/m0/s1. The molecule has 0 aliphatic carbocycles. The lowest BCUT2D eigenvalue weighted by atomic mass is 9.79. The molecule has 1 aromatic rings. The number of benzene rings is 1. The largest absolute Gasteiger partial charge is 0.381 e. The van der Waals surface area contributed by atoms with Crippen LogP contribution in [-0.2, 0) is 20.7 Å². The maximum atomic E-state index is 12.4. The molecule has 2 aliphatic rings. The van der Waals surface area contributed by atoms with Crippen LogP contribution in [0, 0.1) is 11.8 Å². The Morgan fingerprint density at radius 1 is 1.13 bits per heavy atom. The number of carbonyl (C=O) groups is 1. The number of carbonyl (C=O) groups excluding carboxylic acids is 1. The molecular weight excluding hydrogens is 314 g/mol. The average molecular weight is 338 g/mol. The van der Waals surface area contributed by atoms with E-state index in [9.17, 15) is 4.79 Å². The second-order valence-corrected chi connectivity index (χ2v) is 6.83. The van der Waals surface area contributed by atoms with Crippen molar-refractivity contribution in [2.45, 2.75) is 31.7 Å². The molecule has 0 unspecified atom stereocenters. The Balaban J connectivity index is 1.60. The molecule has 2 heterocycles. The van der Waals surface area contributed by atoms with E-state index in [1.165, 1.54) is 0 Å². The molecule has 3 rings (SSSR count). The summed E-state index contributed by atoms with van der Waals surface area (Å²) in [5.41, 5.74) is 0.876. The van der Waals surface area contributed by atoms with Crippen molar-refractivity contribution in [3.63, 3.8) is 0 Å². The molecule has 0 aromatic heterocycles. The van der Waals surface area contributed by atoms with Crippen molar-refractivity contribution in [2.24, 2.45) is 11.8 Å². The highest BCUT2D eigenvalue weighted by Crippen LogP contribution is 2.30. The van der Waals surface area contributed by atoms with E-state index in [4.69, 9.17) is 21.1 Å². The summed E-state index contributed by atoms with van der Waals surface area (Å²) in [6.45, 7) is 3.10. The molecular formula is C18H24ClNO3. The highest BCUT2D eigenvalue weighted by atomic mass is 35.5. The minimum atomic E-state index is 0.0436. The monoisotopic (exact) mass is 337 g/mol. The van der Waals surface area contributed by atoms with E-state index >= 15 is 0 Å².